The van der Waals surface area contributed by atoms with E-state index in [1.807, 2.05) is 30.3 Å². The van der Waals surface area contributed by atoms with E-state index >= 15 is 0 Å². The molecule has 3 atom stereocenters. The minimum Gasteiger partial charge on any atom is -0.329 e. The number of terminal acetylenes is 1. The molecule has 0 saturated carbocycles. The van der Waals surface area contributed by atoms with Crippen molar-refractivity contribution >= 4 is 11.8 Å². The van der Waals surface area contributed by atoms with Crippen LogP contribution >= 0.6 is 0 Å². The third kappa shape index (κ3) is 2.09. The number of carbonyl (C=O) groups is 2. The lowest BCUT2D eigenvalue weighted by Gasteiger charge is -2.44. The molecule has 2 saturated heterocycles. The highest BCUT2D eigenvalue weighted by Crippen LogP contribution is 2.35. The van der Waals surface area contributed by atoms with Gasteiger partial charge in [-0.15, -0.1) is 6.42 Å². The van der Waals surface area contributed by atoms with Crippen LogP contribution in [0, 0.1) is 12.3 Å². The van der Waals surface area contributed by atoms with Crippen LogP contribution < -0.4 is 0 Å². The first-order valence-electron chi connectivity index (χ1n) is 7.29. The van der Waals surface area contributed by atoms with Gasteiger partial charge < -0.3 is 9.80 Å². The smallest absolute Gasteiger partial charge is 0.250 e. The summed E-state index contributed by atoms with van der Waals surface area (Å²) in [5.74, 6) is 2.57. The maximum atomic E-state index is 12.8. The largest absolute Gasteiger partial charge is 0.329 e. The molecular formula is C17H18N2O2. The summed E-state index contributed by atoms with van der Waals surface area (Å²) in [5.41, 5.74) is 0.823. The number of amides is 2. The van der Waals surface area contributed by atoms with Gasteiger partial charge in [0, 0.05) is 6.54 Å². The zero-order valence-corrected chi connectivity index (χ0v) is 12.0. The molecule has 21 heavy (non-hydrogen) atoms. The number of hydrogen-bond acceptors (Lipinski definition) is 2. The van der Waals surface area contributed by atoms with Crippen molar-refractivity contribution in [3.63, 3.8) is 0 Å². The Morgan fingerprint density at radius 3 is 2.62 bits per heavy atom. The molecule has 1 aromatic carbocycles. The van der Waals surface area contributed by atoms with Crippen LogP contribution in [0.3, 0.4) is 0 Å². The van der Waals surface area contributed by atoms with Crippen molar-refractivity contribution in [1.82, 2.24) is 9.80 Å². The van der Waals surface area contributed by atoms with E-state index in [1.54, 1.807) is 16.7 Å². The maximum absolute atomic E-state index is 12.8. The summed E-state index contributed by atoms with van der Waals surface area (Å²) in [6.07, 6.45) is 7.13. The topological polar surface area (TPSA) is 40.6 Å². The van der Waals surface area contributed by atoms with E-state index in [9.17, 15) is 9.59 Å². The van der Waals surface area contributed by atoms with Crippen LogP contribution in [-0.2, 0) is 9.59 Å². The minimum absolute atomic E-state index is 0.00889. The molecule has 2 fully saturated rings. The SMILES string of the molecule is C#CC(C)N1C(=O)C2CCCN2C(=O)C1c1ccccc1. The monoisotopic (exact) mass is 282 g/mol. The molecule has 4 heteroatoms. The summed E-state index contributed by atoms with van der Waals surface area (Å²) in [6.45, 7) is 2.46. The van der Waals surface area contributed by atoms with Gasteiger partial charge in [0.25, 0.3) is 5.91 Å². The molecule has 0 N–H and O–H groups in total. The molecule has 0 radical (unpaired) electrons. The van der Waals surface area contributed by atoms with Crippen molar-refractivity contribution in [1.29, 1.82) is 0 Å². The lowest BCUT2D eigenvalue weighted by molar-refractivity contribution is -0.161. The molecule has 108 valence electrons. The fourth-order valence-corrected chi connectivity index (χ4v) is 3.30. The maximum Gasteiger partial charge on any atom is 0.250 e. The Labute approximate surface area is 124 Å². The number of carbonyl (C=O) groups excluding carboxylic acids is 2. The molecule has 4 nitrogen and oxygen atoms in total. The fourth-order valence-electron chi connectivity index (χ4n) is 3.30. The van der Waals surface area contributed by atoms with Gasteiger partial charge in [0.15, 0.2) is 0 Å². The lowest BCUT2D eigenvalue weighted by Crippen LogP contribution is -2.60. The molecule has 2 heterocycles. The predicted octanol–water partition coefficient (Wildman–Crippen LogP) is 1.58. The molecule has 2 aliphatic rings. The molecule has 2 aliphatic heterocycles. The first-order valence-corrected chi connectivity index (χ1v) is 7.29. The Kier molecular flexibility index (Phi) is 3.42. The Balaban J connectivity index is 2.06. The van der Waals surface area contributed by atoms with Gasteiger partial charge in [-0.1, -0.05) is 36.3 Å². The van der Waals surface area contributed by atoms with Crippen LogP contribution in [0.15, 0.2) is 30.3 Å². The van der Waals surface area contributed by atoms with Crippen molar-refractivity contribution in [2.75, 3.05) is 6.54 Å². The van der Waals surface area contributed by atoms with Crippen LogP contribution in [0.25, 0.3) is 0 Å². The second kappa shape index (κ2) is 5.25. The zero-order chi connectivity index (χ0) is 15.0. The Morgan fingerprint density at radius 2 is 1.95 bits per heavy atom. The number of hydrogen-bond donors (Lipinski definition) is 0. The van der Waals surface area contributed by atoms with Crippen molar-refractivity contribution in [3.05, 3.63) is 35.9 Å². The van der Waals surface area contributed by atoms with E-state index in [4.69, 9.17) is 6.42 Å². The average molecular weight is 282 g/mol. The molecule has 0 aliphatic carbocycles. The quantitative estimate of drug-likeness (QED) is 0.773. The summed E-state index contributed by atoms with van der Waals surface area (Å²) in [7, 11) is 0. The van der Waals surface area contributed by atoms with Crippen LogP contribution in [0.2, 0.25) is 0 Å². The standard InChI is InChI=1S/C17H18N2O2/c1-3-12(2)19-15(13-8-5-4-6-9-13)17(21)18-11-7-10-14(18)16(19)20/h1,4-6,8-9,12,14-15H,7,10-11H2,2H3. The Hall–Kier alpha value is -2.28. The number of fused-ring (bicyclic) bond motifs is 1. The normalized spacial score (nSPS) is 26.5. The van der Waals surface area contributed by atoms with E-state index < -0.39 is 12.1 Å². The first-order chi connectivity index (χ1) is 10.1. The van der Waals surface area contributed by atoms with Crippen LogP contribution in [0.4, 0.5) is 0 Å². The zero-order valence-electron chi connectivity index (χ0n) is 12.0. The summed E-state index contributed by atoms with van der Waals surface area (Å²) in [6, 6.07) is 8.09. The molecular weight excluding hydrogens is 264 g/mol. The highest BCUT2D eigenvalue weighted by atomic mass is 16.2. The third-order valence-electron chi connectivity index (χ3n) is 4.36. The predicted molar refractivity (Wildman–Crippen MR) is 79.1 cm³/mol. The van der Waals surface area contributed by atoms with Gasteiger partial charge in [0.05, 0.1) is 6.04 Å². The summed E-state index contributed by atoms with van der Waals surface area (Å²) in [5, 5.41) is 0. The van der Waals surface area contributed by atoms with Gasteiger partial charge >= 0.3 is 0 Å². The summed E-state index contributed by atoms with van der Waals surface area (Å²) < 4.78 is 0. The summed E-state index contributed by atoms with van der Waals surface area (Å²) in [4.78, 5) is 28.9. The first kappa shape index (κ1) is 13.7. The van der Waals surface area contributed by atoms with Crippen molar-refractivity contribution < 1.29 is 9.59 Å². The summed E-state index contributed by atoms with van der Waals surface area (Å²) >= 11 is 0. The lowest BCUT2D eigenvalue weighted by atomic mass is 9.96. The van der Waals surface area contributed by atoms with Crippen LogP contribution in [-0.4, -0.2) is 40.2 Å². The van der Waals surface area contributed by atoms with Gasteiger partial charge in [-0.3, -0.25) is 9.59 Å². The number of rotatable bonds is 2. The molecule has 0 aromatic heterocycles. The van der Waals surface area contributed by atoms with Crippen molar-refractivity contribution in [3.8, 4) is 12.3 Å². The number of nitrogens with zero attached hydrogens (tertiary/aromatic N) is 2. The molecule has 0 spiro atoms. The molecule has 3 rings (SSSR count). The van der Waals surface area contributed by atoms with Crippen LogP contribution in [0.1, 0.15) is 31.4 Å². The van der Waals surface area contributed by atoms with Gasteiger partial charge in [-0.25, -0.2) is 0 Å². The Bertz CT molecular complexity index is 605. The second-order valence-electron chi connectivity index (χ2n) is 5.59. The van der Waals surface area contributed by atoms with E-state index in [-0.39, 0.29) is 17.9 Å². The van der Waals surface area contributed by atoms with E-state index in [1.165, 1.54) is 0 Å². The number of piperazine rings is 1. The minimum atomic E-state index is -0.598. The van der Waals surface area contributed by atoms with Gasteiger partial charge in [0.1, 0.15) is 12.1 Å². The molecule has 1 aromatic rings. The fraction of sp³-hybridized carbons (Fsp3) is 0.412. The van der Waals surface area contributed by atoms with E-state index in [0.717, 1.165) is 18.4 Å². The molecule has 3 unspecified atom stereocenters. The van der Waals surface area contributed by atoms with Gasteiger partial charge in [0.2, 0.25) is 5.91 Å². The highest BCUT2D eigenvalue weighted by Gasteiger charge is 2.49. The van der Waals surface area contributed by atoms with Gasteiger partial charge in [-0.05, 0) is 25.3 Å². The molecule has 0 bridgehead atoms. The number of benzene rings is 1. The van der Waals surface area contributed by atoms with Gasteiger partial charge in [-0.2, -0.15) is 0 Å². The molecule has 2 amide bonds. The van der Waals surface area contributed by atoms with E-state index in [0.29, 0.717) is 6.54 Å². The van der Waals surface area contributed by atoms with Crippen molar-refractivity contribution in [2.24, 2.45) is 0 Å². The average Bonchev–Trinajstić information content (AvgIpc) is 3.01. The van der Waals surface area contributed by atoms with E-state index in [2.05, 4.69) is 5.92 Å². The van der Waals surface area contributed by atoms with Crippen molar-refractivity contribution in [2.45, 2.75) is 37.9 Å². The third-order valence-corrected chi connectivity index (χ3v) is 4.36. The van der Waals surface area contributed by atoms with Crippen LogP contribution in [0.5, 0.6) is 0 Å². The Morgan fingerprint density at radius 1 is 1.24 bits per heavy atom. The highest BCUT2D eigenvalue weighted by molar-refractivity contribution is 5.98. The second-order valence-corrected chi connectivity index (χ2v) is 5.59.